The molecular weight excluding hydrogens is 212 g/mol. The first-order valence-corrected chi connectivity index (χ1v) is 6.51. The van der Waals surface area contributed by atoms with Crippen LogP contribution in [0, 0.1) is 5.92 Å². The summed E-state index contributed by atoms with van der Waals surface area (Å²) in [7, 11) is 0. The molecule has 98 valence electrons. The van der Waals surface area contributed by atoms with Crippen molar-refractivity contribution in [1.82, 2.24) is 0 Å². The lowest BCUT2D eigenvalue weighted by Gasteiger charge is -2.15. The molecule has 0 saturated carbocycles. The molecule has 0 rings (SSSR count). The fourth-order valence-electron chi connectivity index (χ4n) is 1.63. The van der Waals surface area contributed by atoms with E-state index in [-0.39, 0.29) is 12.1 Å². The van der Waals surface area contributed by atoms with Crippen molar-refractivity contribution >= 4 is 5.97 Å². The average Bonchev–Trinajstić information content (AvgIpc) is 2.31. The molecule has 17 heavy (non-hydrogen) atoms. The summed E-state index contributed by atoms with van der Waals surface area (Å²) in [4.78, 5) is 11.3. The van der Waals surface area contributed by atoms with Crippen LogP contribution in [0.3, 0.4) is 0 Å². The number of ether oxygens (including phenoxy) is 1. The Labute approximate surface area is 106 Å². The van der Waals surface area contributed by atoms with E-state index in [0.717, 1.165) is 19.3 Å². The van der Waals surface area contributed by atoms with E-state index in [4.69, 9.17) is 4.74 Å². The van der Waals surface area contributed by atoms with Crippen molar-refractivity contribution < 1.29 is 9.53 Å². The second-order valence-electron chi connectivity index (χ2n) is 4.68. The highest BCUT2D eigenvalue weighted by atomic mass is 16.5. The minimum atomic E-state index is -0.115. The number of esters is 1. The topological polar surface area (TPSA) is 26.3 Å². The van der Waals surface area contributed by atoms with E-state index in [1.807, 2.05) is 13.0 Å². The second kappa shape index (κ2) is 10.1. The number of carbonyl (C=O) groups excluding carboxylic acids is 1. The fourth-order valence-corrected chi connectivity index (χ4v) is 1.63. The third kappa shape index (κ3) is 9.86. The minimum absolute atomic E-state index is 0.0264. The lowest BCUT2D eigenvalue weighted by molar-refractivity contribution is -0.148. The van der Waals surface area contributed by atoms with Gasteiger partial charge in [0.15, 0.2) is 0 Å². The van der Waals surface area contributed by atoms with Crippen molar-refractivity contribution in [3.8, 4) is 0 Å². The Balaban J connectivity index is 3.63. The van der Waals surface area contributed by atoms with Crippen LogP contribution in [-0.2, 0) is 9.53 Å². The highest BCUT2D eigenvalue weighted by Gasteiger charge is 2.10. The molecule has 0 amide bonds. The highest BCUT2D eigenvalue weighted by molar-refractivity contribution is 5.69. The van der Waals surface area contributed by atoms with Gasteiger partial charge in [0.05, 0.1) is 6.10 Å². The Bertz CT molecular complexity index is 233. The Kier molecular flexibility index (Phi) is 9.50. The van der Waals surface area contributed by atoms with Gasteiger partial charge in [0.1, 0.15) is 0 Å². The summed E-state index contributed by atoms with van der Waals surface area (Å²) in [5.74, 6) is 0.554. The van der Waals surface area contributed by atoms with Gasteiger partial charge in [-0.05, 0) is 44.9 Å². The van der Waals surface area contributed by atoms with Crippen LogP contribution in [0.15, 0.2) is 25.3 Å². The van der Waals surface area contributed by atoms with Crippen LogP contribution in [0.1, 0.15) is 52.4 Å². The molecule has 0 saturated heterocycles. The summed E-state index contributed by atoms with van der Waals surface area (Å²) in [6.45, 7) is 11.5. The molecule has 0 aliphatic carbocycles. The first-order valence-electron chi connectivity index (χ1n) is 6.51. The van der Waals surface area contributed by atoms with Crippen LogP contribution in [-0.4, -0.2) is 12.1 Å². The maximum Gasteiger partial charge on any atom is 0.306 e. The standard InChI is InChI=1S/C15H26O2/c1-5-7-9-13(3)11-12-14(4)17-15(16)10-8-6-2/h5-6,13-14H,1-2,7-12H2,3-4H3. The Morgan fingerprint density at radius 2 is 1.76 bits per heavy atom. The normalized spacial score (nSPS) is 13.8. The SMILES string of the molecule is C=CCCC(=O)OC(C)CCC(C)CCC=C. The van der Waals surface area contributed by atoms with Crippen LogP contribution >= 0.6 is 0 Å². The molecule has 0 aliphatic rings. The third-order valence-corrected chi connectivity index (χ3v) is 2.81. The molecule has 0 fully saturated rings. The van der Waals surface area contributed by atoms with Gasteiger partial charge in [-0.1, -0.05) is 19.1 Å². The monoisotopic (exact) mass is 238 g/mol. The molecule has 0 aromatic carbocycles. The molecule has 0 N–H and O–H groups in total. The van der Waals surface area contributed by atoms with E-state index < -0.39 is 0 Å². The molecule has 2 unspecified atom stereocenters. The second-order valence-corrected chi connectivity index (χ2v) is 4.68. The van der Waals surface area contributed by atoms with Crippen molar-refractivity contribution in [3.05, 3.63) is 25.3 Å². The van der Waals surface area contributed by atoms with Crippen molar-refractivity contribution in [2.45, 2.75) is 58.5 Å². The van der Waals surface area contributed by atoms with Gasteiger partial charge in [-0.3, -0.25) is 4.79 Å². The maximum atomic E-state index is 11.3. The summed E-state index contributed by atoms with van der Waals surface area (Å²) in [5.41, 5.74) is 0. The Hall–Kier alpha value is -1.05. The van der Waals surface area contributed by atoms with E-state index in [9.17, 15) is 4.79 Å². The number of hydrogen-bond acceptors (Lipinski definition) is 2. The first kappa shape index (κ1) is 16.0. The molecule has 2 atom stereocenters. The van der Waals surface area contributed by atoms with Crippen molar-refractivity contribution in [3.63, 3.8) is 0 Å². The van der Waals surface area contributed by atoms with Gasteiger partial charge in [0, 0.05) is 6.42 Å². The predicted molar refractivity (Wildman–Crippen MR) is 72.8 cm³/mol. The zero-order chi connectivity index (χ0) is 13.1. The van der Waals surface area contributed by atoms with Crippen LogP contribution in [0.2, 0.25) is 0 Å². The summed E-state index contributed by atoms with van der Waals surface area (Å²) in [6, 6.07) is 0. The number of rotatable bonds is 10. The average molecular weight is 238 g/mol. The zero-order valence-corrected chi connectivity index (χ0v) is 11.3. The molecule has 2 nitrogen and oxygen atoms in total. The van der Waals surface area contributed by atoms with Crippen molar-refractivity contribution in [1.29, 1.82) is 0 Å². The van der Waals surface area contributed by atoms with Gasteiger partial charge in [-0.25, -0.2) is 0 Å². The highest BCUT2D eigenvalue weighted by Crippen LogP contribution is 2.15. The number of allylic oxidation sites excluding steroid dienone is 2. The predicted octanol–water partition coefficient (Wildman–Crippen LogP) is 4.27. The summed E-state index contributed by atoms with van der Waals surface area (Å²) < 4.78 is 5.30. The molecule has 2 heteroatoms. The summed E-state index contributed by atoms with van der Waals surface area (Å²) in [6.07, 6.45) is 9.13. The van der Waals surface area contributed by atoms with Gasteiger partial charge >= 0.3 is 5.97 Å². The van der Waals surface area contributed by atoms with E-state index in [1.165, 1.54) is 6.42 Å². The van der Waals surface area contributed by atoms with Crippen molar-refractivity contribution in [2.24, 2.45) is 5.92 Å². The molecule has 0 heterocycles. The van der Waals surface area contributed by atoms with E-state index in [2.05, 4.69) is 20.1 Å². The Morgan fingerprint density at radius 1 is 1.12 bits per heavy atom. The lowest BCUT2D eigenvalue weighted by Crippen LogP contribution is -2.15. The van der Waals surface area contributed by atoms with Crippen LogP contribution in [0.5, 0.6) is 0 Å². The van der Waals surface area contributed by atoms with E-state index in [1.54, 1.807) is 6.08 Å². The van der Waals surface area contributed by atoms with E-state index in [0.29, 0.717) is 18.8 Å². The Morgan fingerprint density at radius 3 is 2.35 bits per heavy atom. The lowest BCUT2D eigenvalue weighted by atomic mass is 9.98. The van der Waals surface area contributed by atoms with Gasteiger partial charge in [-0.15, -0.1) is 13.2 Å². The van der Waals surface area contributed by atoms with Crippen molar-refractivity contribution in [2.75, 3.05) is 0 Å². The molecule has 0 radical (unpaired) electrons. The molecular formula is C15H26O2. The molecule has 0 aromatic heterocycles. The van der Waals surface area contributed by atoms with Gasteiger partial charge in [0.2, 0.25) is 0 Å². The van der Waals surface area contributed by atoms with Crippen LogP contribution in [0.4, 0.5) is 0 Å². The fraction of sp³-hybridized carbons (Fsp3) is 0.667. The van der Waals surface area contributed by atoms with Crippen LogP contribution in [0.25, 0.3) is 0 Å². The first-order chi connectivity index (χ1) is 8.10. The minimum Gasteiger partial charge on any atom is -0.463 e. The molecule has 0 aromatic rings. The molecule has 0 spiro atoms. The largest absolute Gasteiger partial charge is 0.463 e. The van der Waals surface area contributed by atoms with Gasteiger partial charge < -0.3 is 4.74 Å². The quantitative estimate of drug-likeness (QED) is 0.420. The summed E-state index contributed by atoms with van der Waals surface area (Å²) in [5, 5.41) is 0. The number of carbonyl (C=O) groups is 1. The zero-order valence-electron chi connectivity index (χ0n) is 11.3. The maximum absolute atomic E-state index is 11.3. The van der Waals surface area contributed by atoms with E-state index >= 15 is 0 Å². The van der Waals surface area contributed by atoms with Gasteiger partial charge in [-0.2, -0.15) is 0 Å². The number of hydrogen-bond donors (Lipinski definition) is 0. The van der Waals surface area contributed by atoms with Gasteiger partial charge in [0.25, 0.3) is 0 Å². The smallest absolute Gasteiger partial charge is 0.306 e. The molecule has 0 aliphatic heterocycles. The summed E-state index contributed by atoms with van der Waals surface area (Å²) >= 11 is 0. The molecule has 0 bridgehead atoms. The third-order valence-electron chi connectivity index (χ3n) is 2.81. The van der Waals surface area contributed by atoms with Crippen LogP contribution < -0.4 is 0 Å².